The molecule has 1 N–H and O–H groups in total. The van der Waals surface area contributed by atoms with E-state index in [1.54, 1.807) is 42.6 Å². The van der Waals surface area contributed by atoms with Gasteiger partial charge in [0.25, 0.3) is 11.1 Å². The summed E-state index contributed by atoms with van der Waals surface area (Å²) in [5.74, 6) is 0.482. The van der Waals surface area contributed by atoms with Crippen molar-refractivity contribution in [3.63, 3.8) is 0 Å². The average Bonchev–Trinajstić information content (AvgIpc) is 2.67. The highest BCUT2D eigenvalue weighted by atomic mass is 35.5. The van der Waals surface area contributed by atoms with Gasteiger partial charge in [0.15, 0.2) is 0 Å². The second-order valence-electron chi connectivity index (χ2n) is 7.15. The highest BCUT2D eigenvalue weighted by molar-refractivity contribution is 6.67. The number of carbonyl (C=O) groups is 2. The zero-order chi connectivity index (χ0) is 18.9. The largest absolute Gasteiger partial charge is 0.381 e. The third kappa shape index (κ3) is 3.68. The summed E-state index contributed by atoms with van der Waals surface area (Å²) in [7, 11) is 0. The van der Waals surface area contributed by atoms with E-state index < -0.39 is 5.24 Å². The second-order valence-corrected chi connectivity index (χ2v) is 7.49. The fourth-order valence-corrected chi connectivity index (χ4v) is 3.87. The van der Waals surface area contributed by atoms with E-state index in [1.165, 1.54) is 0 Å². The molecule has 6 nitrogen and oxygen atoms in total. The summed E-state index contributed by atoms with van der Waals surface area (Å²) >= 11 is 5.45. The molecule has 2 aromatic rings. The quantitative estimate of drug-likeness (QED) is 0.817. The maximum absolute atomic E-state index is 12.8. The van der Waals surface area contributed by atoms with Gasteiger partial charge in [-0.05, 0) is 60.8 Å². The van der Waals surface area contributed by atoms with E-state index in [2.05, 4.69) is 15.2 Å². The van der Waals surface area contributed by atoms with Crippen molar-refractivity contribution in [2.75, 3.05) is 36.5 Å². The monoisotopic (exact) mass is 385 g/mol. The van der Waals surface area contributed by atoms with Crippen molar-refractivity contribution in [1.29, 1.82) is 0 Å². The number of aromatic nitrogens is 1. The molecule has 1 amide bonds. The van der Waals surface area contributed by atoms with Gasteiger partial charge in [0.05, 0.1) is 5.56 Å². The minimum absolute atomic E-state index is 0.226. The minimum Gasteiger partial charge on any atom is -0.381 e. The van der Waals surface area contributed by atoms with Gasteiger partial charge in [-0.25, -0.2) is 4.98 Å². The molecule has 3 heterocycles. The van der Waals surface area contributed by atoms with Crippen LogP contribution in [-0.4, -0.2) is 42.4 Å². The highest BCUT2D eigenvalue weighted by Gasteiger charge is 2.45. The zero-order valence-electron chi connectivity index (χ0n) is 14.8. The van der Waals surface area contributed by atoms with Gasteiger partial charge in [-0.15, -0.1) is 0 Å². The van der Waals surface area contributed by atoms with E-state index in [0.29, 0.717) is 28.0 Å². The number of amides is 1. The van der Waals surface area contributed by atoms with Gasteiger partial charge in [-0.2, -0.15) is 0 Å². The number of benzene rings is 1. The SMILES string of the molecule is O=C(Cl)c1ccc(NC(=O)c2cccnc2N2CC3(CCOCC3)C2)cc1. The fourth-order valence-electron chi connectivity index (χ4n) is 3.74. The van der Waals surface area contributed by atoms with Crippen LogP contribution in [0.2, 0.25) is 0 Å². The Labute approximate surface area is 162 Å². The van der Waals surface area contributed by atoms with Crippen LogP contribution in [0.3, 0.4) is 0 Å². The molecule has 2 saturated heterocycles. The van der Waals surface area contributed by atoms with Gasteiger partial charge in [0.2, 0.25) is 0 Å². The molecule has 27 heavy (non-hydrogen) atoms. The van der Waals surface area contributed by atoms with E-state index in [4.69, 9.17) is 16.3 Å². The molecule has 2 fully saturated rings. The van der Waals surface area contributed by atoms with Crippen molar-refractivity contribution >= 4 is 34.3 Å². The number of hydrogen-bond donors (Lipinski definition) is 1. The van der Waals surface area contributed by atoms with Crippen LogP contribution in [0.4, 0.5) is 11.5 Å². The molecule has 4 rings (SSSR count). The summed E-state index contributed by atoms with van der Waals surface area (Å²) in [5.41, 5.74) is 1.82. The predicted molar refractivity (Wildman–Crippen MR) is 104 cm³/mol. The maximum Gasteiger partial charge on any atom is 0.259 e. The van der Waals surface area contributed by atoms with E-state index >= 15 is 0 Å². The molecule has 140 valence electrons. The van der Waals surface area contributed by atoms with Crippen molar-refractivity contribution in [2.24, 2.45) is 5.41 Å². The van der Waals surface area contributed by atoms with Crippen LogP contribution in [0.15, 0.2) is 42.6 Å². The number of anilines is 2. The summed E-state index contributed by atoms with van der Waals surface area (Å²) < 4.78 is 5.47. The van der Waals surface area contributed by atoms with Gasteiger partial charge in [0, 0.05) is 49.2 Å². The molecule has 1 spiro atoms. The lowest BCUT2D eigenvalue weighted by Crippen LogP contribution is -2.59. The van der Waals surface area contributed by atoms with Crippen LogP contribution < -0.4 is 10.2 Å². The molecule has 2 aliphatic rings. The first-order chi connectivity index (χ1) is 13.1. The number of nitrogens with zero attached hydrogens (tertiary/aromatic N) is 2. The van der Waals surface area contributed by atoms with Crippen LogP contribution in [-0.2, 0) is 4.74 Å². The van der Waals surface area contributed by atoms with Crippen LogP contribution in [0.5, 0.6) is 0 Å². The molecular formula is C20H20ClN3O3. The van der Waals surface area contributed by atoms with E-state index in [0.717, 1.165) is 39.1 Å². The van der Waals surface area contributed by atoms with Crippen molar-refractivity contribution in [1.82, 2.24) is 4.98 Å². The lowest BCUT2D eigenvalue weighted by Gasteiger charge is -2.53. The van der Waals surface area contributed by atoms with E-state index in [9.17, 15) is 9.59 Å². The molecule has 0 atom stereocenters. The first-order valence-electron chi connectivity index (χ1n) is 8.95. The Hall–Kier alpha value is -2.44. The van der Waals surface area contributed by atoms with Crippen molar-refractivity contribution in [3.05, 3.63) is 53.7 Å². The molecule has 0 aliphatic carbocycles. The van der Waals surface area contributed by atoms with Crippen LogP contribution in [0.25, 0.3) is 0 Å². The predicted octanol–water partition coefficient (Wildman–Crippen LogP) is 3.33. The smallest absolute Gasteiger partial charge is 0.259 e. The first-order valence-corrected chi connectivity index (χ1v) is 9.33. The third-order valence-electron chi connectivity index (χ3n) is 5.31. The average molecular weight is 386 g/mol. The van der Waals surface area contributed by atoms with Crippen molar-refractivity contribution in [3.8, 4) is 0 Å². The summed E-state index contributed by atoms with van der Waals surface area (Å²) in [6.07, 6.45) is 3.83. The standard InChI is InChI=1S/C20H20ClN3O3/c21-17(25)14-3-5-15(6-4-14)23-19(26)16-2-1-9-22-18(16)24-12-20(13-24)7-10-27-11-8-20/h1-6,9H,7-8,10-13H2,(H,23,26). The topological polar surface area (TPSA) is 71.5 Å². The molecule has 0 unspecified atom stereocenters. The molecule has 0 bridgehead atoms. The fraction of sp³-hybridized carbons (Fsp3) is 0.350. The number of halogens is 1. The lowest BCUT2D eigenvalue weighted by atomic mass is 9.73. The number of carbonyl (C=O) groups excluding carboxylic acids is 2. The molecule has 7 heteroatoms. The van der Waals surface area contributed by atoms with Crippen LogP contribution in [0.1, 0.15) is 33.6 Å². The van der Waals surface area contributed by atoms with Gasteiger partial charge in [-0.3, -0.25) is 9.59 Å². The van der Waals surface area contributed by atoms with Crippen LogP contribution in [0, 0.1) is 5.41 Å². The zero-order valence-corrected chi connectivity index (χ0v) is 15.5. The Balaban J connectivity index is 1.47. The molecular weight excluding hydrogens is 366 g/mol. The normalized spacial score (nSPS) is 18.0. The number of nitrogens with one attached hydrogen (secondary N) is 1. The van der Waals surface area contributed by atoms with Crippen LogP contribution >= 0.6 is 11.6 Å². The Morgan fingerprint density at radius 1 is 1.11 bits per heavy atom. The molecule has 0 radical (unpaired) electrons. The van der Waals surface area contributed by atoms with Crippen molar-refractivity contribution < 1.29 is 14.3 Å². The maximum atomic E-state index is 12.8. The number of hydrogen-bond acceptors (Lipinski definition) is 5. The van der Waals surface area contributed by atoms with Crippen molar-refractivity contribution in [2.45, 2.75) is 12.8 Å². The van der Waals surface area contributed by atoms with E-state index in [-0.39, 0.29) is 5.91 Å². The molecule has 1 aromatic heterocycles. The first kappa shape index (κ1) is 17.9. The summed E-state index contributed by atoms with van der Waals surface area (Å²) in [5, 5.41) is 2.33. The Morgan fingerprint density at radius 2 is 1.81 bits per heavy atom. The Kier molecular flexibility index (Phi) is 4.85. The molecule has 1 aromatic carbocycles. The number of rotatable bonds is 4. The Bertz CT molecular complexity index is 855. The third-order valence-corrected chi connectivity index (χ3v) is 5.52. The summed E-state index contributed by atoms with van der Waals surface area (Å²) in [6, 6.07) is 10.0. The van der Waals surface area contributed by atoms with Gasteiger partial charge in [0.1, 0.15) is 5.82 Å². The van der Waals surface area contributed by atoms with Gasteiger partial charge >= 0.3 is 0 Å². The number of ether oxygens (including phenoxy) is 1. The van der Waals surface area contributed by atoms with Gasteiger partial charge < -0.3 is 15.0 Å². The molecule has 0 saturated carbocycles. The van der Waals surface area contributed by atoms with E-state index in [1.807, 2.05) is 0 Å². The summed E-state index contributed by atoms with van der Waals surface area (Å²) in [6.45, 7) is 3.43. The second kappa shape index (κ2) is 7.29. The molecule has 2 aliphatic heterocycles. The van der Waals surface area contributed by atoms with Gasteiger partial charge in [-0.1, -0.05) is 0 Å². The highest BCUT2D eigenvalue weighted by Crippen LogP contribution is 2.42. The lowest BCUT2D eigenvalue weighted by molar-refractivity contribution is -0.000508. The summed E-state index contributed by atoms with van der Waals surface area (Å²) in [4.78, 5) is 30.5. The minimum atomic E-state index is -0.526. The Morgan fingerprint density at radius 3 is 2.48 bits per heavy atom. The number of pyridine rings is 1.